The number of methoxy groups -OCH3 is 2. The van der Waals surface area contributed by atoms with Crippen LogP contribution in [-0.2, 0) is 9.53 Å². The summed E-state index contributed by atoms with van der Waals surface area (Å²) in [6.07, 6.45) is 0.572. The summed E-state index contributed by atoms with van der Waals surface area (Å²) >= 11 is 0. The Hall–Kier alpha value is -3.08. The lowest BCUT2D eigenvalue weighted by Crippen LogP contribution is -2.14. The van der Waals surface area contributed by atoms with E-state index in [9.17, 15) is 9.59 Å². The van der Waals surface area contributed by atoms with Crippen molar-refractivity contribution in [3.8, 4) is 17.1 Å². The van der Waals surface area contributed by atoms with Crippen LogP contribution in [-0.4, -0.2) is 20.2 Å². The van der Waals surface area contributed by atoms with Crippen molar-refractivity contribution in [3.63, 3.8) is 0 Å². The number of benzene rings is 2. The molecule has 1 unspecified atom stereocenters. The third-order valence-electron chi connectivity index (χ3n) is 4.41. The SMILES string of the molecule is CCC(C(=O)OC)c1ccc2oc(-c3ccccc3)c(OC)c(=O)c2c1. The Bertz CT molecular complexity index is 988. The van der Waals surface area contributed by atoms with Gasteiger partial charge >= 0.3 is 5.97 Å². The molecule has 134 valence electrons. The zero-order valence-corrected chi connectivity index (χ0v) is 14.9. The van der Waals surface area contributed by atoms with Crippen LogP contribution in [0.2, 0.25) is 0 Å². The fraction of sp³-hybridized carbons (Fsp3) is 0.238. The third kappa shape index (κ3) is 3.08. The van der Waals surface area contributed by atoms with E-state index in [0.717, 1.165) is 5.56 Å². The zero-order valence-electron chi connectivity index (χ0n) is 14.9. The summed E-state index contributed by atoms with van der Waals surface area (Å²) in [4.78, 5) is 24.9. The molecule has 0 aliphatic rings. The molecule has 0 bridgehead atoms. The van der Waals surface area contributed by atoms with Crippen molar-refractivity contribution in [2.45, 2.75) is 19.3 Å². The maximum absolute atomic E-state index is 13.0. The van der Waals surface area contributed by atoms with Gasteiger partial charge in [-0.1, -0.05) is 43.3 Å². The van der Waals surface area contributed by atoms with E-state index in [1.807, 2.05) is 37.3 Å². The van der Waals surface area contributed by atoms with Crippen LogP contribution >= 0.6 is 0 Å². The second-order valence-corrected chi connectivity index (χ2v) is 5.90. The van der Waals surface area contributed by atoms with Gasteiger partial charge in [0, 0.05) is 5.56 Å². The molecular weight excluding hydrogens is 332 g/mol. The third-order valence-corrected chi connectivity index (χ3v) is 4.41. The molecule has 3 aromatic rings. The van der Waals surface area contributed by atoms with E-state index in [1.54, 1.807) is 18.2 Å². The van der Waals surface area contributed by atoms with Crippen molar-refractivity contribution >= 4 is 16.9 Å². The van der Waals surface area contributed by atoms with E-state index < -0.39 is 5.92 Å². The number of hydrogen-bond acceptors (Lipinski definition) is 5. The first-order chi connectivity index (χ1) is 12.6. The maximum Gasteiger partial charge on any atom is 0.313 e. The Labute approximate surface area is 151 Å². The van der Waals surface area contributed by atoms with Crippen molar-refractivity contribution in [2.75, 3.05) is 14.2 Å². The van der Waals surface area contributed by atoms with E-state index in [1.165, 1.54) is 14.2 Å². The number of esters is 1. The van der Waals surface area contributed by atoms with E-state index in [-0.39, 0.29) is 17.1 Å². The second kappa shape index (κ2) is 7.44. The van der Waals surface area contributed by atoms with Gasteiger partial charge in [0.25, 0.3) is 0 Å². The summed E-state index contributed by atoms with van der Waals surface area (Å²) in [6, 6.07) is 14.5. The molecular formula is C21H20O5. The summed E-state index contributed by atoms with van der Waals surface area (Å²) in [5.74, 6) is -0.224. The molecule has 1 aromatic heterocycles. The van der Waals surface area contributed by atoms with Gasteiger partial charge < -0.3 is 13.9 Å². The predicted molar refractivity (Wildman–Crippen MR) is 99.5 cm³/mol. The molecule has 0 spiro atoms. The topological polar surface area (TPSA) is 65.7 Å². The van der Waals surface area contributed by atoms with E-state index >= 15 is 0 Å². The van der Waals surface area contributed by atoms with Crippen LogP contribution in [0.4, 0.5) is 0 Å². The minimum absolute atomic E-state index is 0.145. The Morgan fingerprint density at radius 3 is 2.46 bits per heavy atom. The van der Waals surface area contributed by atoms with Crippen LogP contribution in [0.25, 0.3) is 22.3 Å². The summed E-state index contributed by atoms with van der Waals surface area (Å²) in [6.45, 7) is 1.90. The molecule has 0 saturated heterocycles. The van der Waals surface area contributed by atoms with Gasteiger partial charge in [-0.3, -0.25) is 9.59 Å². The fourth-order valence-electron chi connectivity index (χ4n) is 3.06. The Morgan fingerprint density at radius 2 is 1.85 bits per heavy atom. The smallest absolute Gasteiger partial charge is 0.313 e. The average molecular weight is 352 g/mol. The van der Waals surface area contributed by atoms with Crippen molar-refractivity contribution in [1.29, 1.82) is 0 Å². The van der Waals surface area contributed by atoms with Crippen molar-refractivity contribution in [2.24, 2.45) is 0 Å². The van der Waals surface area contributed by atoms with Gasteiger partial charge in [0.2, 0.25) is 11.2 Å². The quantitative estimate of drug-likeness (QED) is 0.646. The van der Waals surface area contributed by atoms with Crippen LogP contribution in [0.1, 0.15) is 24.8 Å². The second-order valence-electron chi connectivity index (χ2n) is 5.90. The van der Waals surface area contributed by atoms with E-state index in [0.29, 0.717) is 28.7 Å². The molecule has 5 heteroatoms. The molecule has 0 N–H and O–H groups in total. The predicted octanol–water partition coefficient (Wildman–Crippen LogP) is 4.14. The maximum atomic E-state index is 13.0. The molecule has 0 aliphatic heterocycles. The molecule has 1 heterocycles. The largest absolute Gasteiger partial charge is 0.490 e. The first kappa shape index (κ1) is 17.7. The lowest BCUT2D eigenvalue weighted by atomic mass is 9.95. The monoisotopic (exact) mass is 352 g/mol. The minimum Gasteiger partial charge on any atom is -0.490 e. The van der Waals surface area contributed by atoms with Crippen LogP contribution < -0.4 is 10.2 Å². The highest BCUT2D eigenvalue weighted by molar-refractivity contribution is 5.85. The highest BCUT2D eigenvalue weighted by Gasteiger charge is 2.22. The molecule has 26 heavy (non-hydrogen) atoms. The van der Waals surface area contributed by atoms with Gasteiger partial charge in [-0.2, -0.15) is 0 Å². The number of hydrogen-bond donors (Lipinski definition) is 0. The number of rotatable bonds is 5. The van der Waals surface area contributed by atoms with Crippen molar-refractivity contribution in [3.05, 3.63) is 64.3 Å². The van der Waals surface area contributed by atoms with Crippen molar-refractivity contribution < 1.29 is 18.7 Å². The molecule has 5 nitrogen and oxygen atoms in total. The number of ether oxygens (including phenoxy) is 2. The average Bonchev–Trinajstić information content (AvgIpc) is 2.69. The summed E-state index contributed by atoms with van der Waals surface area (Å²) in [7, 11) is 2.80. The molecule has 0 fully saturated rings. The standard InChI is InChI=1S/C21H20O5/c1-4-15(21(23)25-3)14-10-11-17-16(12-14)18(22)20(24-2)19(26-17)13-8-6-5-7-9-13/h5-12,15H,4H2,1-3H3. The molecule has 2 aromatic carbocycles. The Kier molecular flexibility index (Phi) is 5.07. The van der Waals surface area contributed by atoms with Crippen molar-refractivity contribution in [1.82, 2.24) is 0 Å². The molecule has 3 rings (SSSR count). The molecule has 0 radical (unpaired) electrons. The Morgan fingerprint density at radius 1 is 1.12 bits per heavy atom. The molecule has 1 atom stereocenters. The normalized spacial score (nSPS) is 12.0. The van der Waals surface area contributed by atoms with Gasteiger partial charge in [-0.25, -0.2) is 0 Å². The summed E-state index contributed by atoms with van der Waals surface area (Å²) in [5.41, 5.74) is 1.65. The van der Waals surface area contributed by atoms with Crippen LogP contribution in [0.15, 0.2) is 57.7 Å². The van der Waals surface area contributed by atoms with Crippen LogP contribution in [0.3, 0.4) is 0 Å². The van der Waals surface area contributed by atoms with E-state index in [4.69, 9.17) is 13.9 Å². The summed E-state index contributed by atoms with van der Waals surface area (Å²) in [5, 5.41) is 0.376. The Balaban J connectivity index is 2.22. The fourth-order valence-corrected chi connectivity index (χ4v) is 3.06. The molecule has 0 amide bonds. The van der Waals surface area contributed by atoms with Gasteiger partial charge in [0.05, 0.1) is 25.5 Å². The van der Waals surface area contributed by atoms with E-state index in [2.05, 4.69) is 0 Å². The lowest BCUT2D eigenvalue weighted by molar-refractivity contribution is -0.142. The first-order valence-corrected chi connectivity index (χ1v) is 8.38. The highest BCUT2D eigenvalue weighted by Crippen LogP contribution is 2.32. The number of fused-ring (bicyclic) bond motifs is 1. The molecule has 0 saturated carbocycles. The number of carbonyl (C=O) groups excluding carboxylic acids is 1. The van der Waals surface area contributed by atoms with Gasteiger partial charge in [-0.15, -0.1) is 0 Å². The lowest BCUT2D eigenvalue weighted by Gasteiger charge is -2.14. The van der Waals surface area contributed by atoms with Gasteiger partial charge in [0.1, 0.15) is 5.58 Å². The first-order valence-electron chi connectivity index (χ1n) is 8.38. The van der Waals surface area contributed by atoms with Gasteiger partial charge in [0.15, 0.2) is 5.76 Å². The van der Waals surface area contributed by atoms with Gasteiger partial charge in [-0.05, 0) is 24.1 Å². The minimum atomic E-state index is -0.427. The highest BCUT2D eigenvalue weighted by atomic mass is 16.5. The zero-order chi connectivity index (χ0) is 18.7. The van der Waals surface area contributed by atoms with Crippen LogP contribution in [0, 0.1) is 0 Å². The number of carbonyl (C=O) groups is 1. The molecule has 0 aliphatic carbocycles. The van der Waals surface area contributed by atoms with Crippen LogP contribution in [0.5, 0.6) is 5.75 Å². The summed E-state index contributed by atoms with van der Waals surface area (Å²) < 4.78 is 16.2.